The summed E-state index contributed by atoms with van der Waals surface area (Å²) < 4.78 is 29.9. The van der Waals surface area contributed by atoms with Gasteiger partial charge in [0.25, 0.3) is 0 Å². The highest BCUT2D eigenvalue weighted by Crippen LogP contribution is 2.47. The molecule has 9 nitrogen and oxygen atoms in total. The molecule has 0 atom stereocenters. The Balaban J connectivity index is 1.26. The van der Waals surface area contributed by atoms with Crippen LogP contribution >= 0.6 is 0 Å². The second-order valence-electron chi connectivity index (χ2n) is 9.25. The summed E-state index contributed by atoms with van der Waals surface area (Å²) in [5.41, 5.74) is 0.706. The van der Waals surface area contributed by atoms with Gasteiger partial charge in [-0.25, -0.2) is 4.39 Å². The molecule has 202 valence electrons. The highest BCUT2D eigenvalue weighted by molar-refractivity contribution is 6.16. The topological polar surface area (TPSA) is 123 Å². The van der Waals surface area contributed by atoms with E-state index in [2.05, 4.69) is 21.7 Å². The standard InChI is InChI=1S/C30H25FN4O5/c1-38-14-15-39-27-17-25-24(16-19(27)18-32)26(10-13-33-25)40-23-8-6-22(7-9-23)35-29(37)30(11-12-30)28(36)34-21-4-2-20(31)3-5-21/h2-10,13,16-17H,11-12,14-15H2,1H3,(H,34,36)(H,35,37). The summed E-state index contributed by atoms with van der Waals surface area (Å²) in [6, 6.07) is 19.3. The molecule has 2 amide bonds. The van der Waals surface area contributed by atoms with Crippen molar-refractivity contribution >= 4 is 34.1 Å². The molecule has 1 aromatic heterocycles. The number of halogens is 1. The molecule has 0 bridgehead atoms. The Morgan fingerprint density at radius 2 is 1.60 bits per heavy atom. The number of ether oxygens (including phenoxy) is 3. The average molecular weight is 541 g/mol. The molecule has 1 saturated carbocycles. The van der Waals surface area contributed by atoms with E-state index < -0.39 is 23.0 Å². The molecule has 1 heterocycles. The molecular formula is C30H25FN4O5. The lowest BCUT2D eigenvalue weighted by molar-refractivity contribution is -0.131. The summed E-state index contributed by atoms with van der Waals surface area (Å²) in [5, 5.41) is 15.7. The van der Waals surface area contributed by atoms with Gasteiger partial charge in [0.1, 0.15) is 41.2 Å². The predicted molar refractivity (Wildman–Crippen MR) is 146 cm³/mol. The Morgan fingerprint density at radius 3 is 2.20 bits per heavy atom. The van der Waals surface area contributed by atoms with Gasteiger partial charge >= 0.3 is 0 Å². The van der Waals surface area contributed by atoms with E-state index in [0.717, 1.165) is 0 Å². The highest BCUT2D eigenvalue weighted by Gasteiger charge is 2.56. The Bertz CT molecular complexity index is 1600. The Labute approximate surface area is 229 Å². The smallest absolute Gasteiger partial charge is 0.240 e. The number of methoxy groups -OCH3 is 1. The molecule has 0 unspecified atom stereocenters. The molecule has 40 heavy (non-hydrogen) atoms. The van der Waals surface area contributed by atoms with E-state index in [1.807, 2.05) is 0 Å². The van der Waals surface area contributed by atoms with Crippen LogP contribution in [0.4, 0.5) is 15.8 Å². The molecule has 5 rings (SSSR count). The number of fused-ring (bicyclic) bond motifs is 1. The predicted octanol–water partition coefficient (Wildman–Crippen LogP) is 5.42. The molecule has 10 heteroatoms. The van der Waals surface area contributed by atoms with E-state index in [4.69, 9.17) is 14.2 Å². The zero-order chi connectivity index (χ0) is 28.1. The van der Waals surface area contributed by atoms with Crippen LogP contribution in [0.3, 0.4) is 0 Å². The minimum atomic E-state index is -1.16. The molecule has 2 N–H and O–H groups in total. The number of aromatic nitrogens is 1. The number of nitrogens with one attached hydrogen (secondary N) is 2. The van der Waals surface area contributed by atoms with Gasteiger partial charge in [0.2, 0.25) is 11.8 Å². The van der Waals surface area contributed by atoms with Crippen molar-refractivity contribution in [3.63, 3.8) is 0 Å². The quantitative estimate of drug-likeness (QED) is 0.203. The van der Waals surface area contributed by atoms with Crippen LogP contribution in [0.25, 0.3) is 10.9 Å². The number of nitrogens with zero attached hydrogens (tertiary/aromatic N) is 2. The molecule has 1 fully saturated rings. The second kappa shape index (κ2) is 11.4. The molecule has 3 aromatic carbocycles. The largest absolute Gasteiger partial charge is 0.490 e. The van der Waals surface area contributed by atoms with Crippen molar-refractivity contribution in [2.24, 2.45) is 5.41 Å². The van der Waals surface area contributed by atoms with Crippen LogP contribution in [0.1, 0.15) is 18.4 Å². The van der Waals surface area contributed by atoms with Crippen LogP contribution in [0.2, 0.25) is 0 Å². The van der Waals surface area contributed by atoms with E-state index in [-0.39, 0.29) is 0 Å². The summed E-state index contributed by atoms with van der Waals surface area (Å²) in [6.45, 7) is 0.690. The number of rotatable bonds is 10. The third-order valence-electron chi connectivity index (χ3n) is 6.53. The first kappa shape index (κ1) is 26.6. The van der Waals surface area contributed by atoms with Gasteiger partial charge in [-0.3, -0.25) is 14.6 Å². The van der Waals surface area contributed by atoms with Crippen LogP contribution < -0.4 is 20.1 Å². The fourth-order valence-electron chi connectivity index (χ4n) is 4.13. The van der Waals surface area contributed by atoms with Gasteiger partial charge in [0.15, 0.2) is 0 Å². The number of hydrogen-bond donors (Lipinski definition) is 2. The third kappa shape index (κ3) is 5.70. The fraction of sp³-hybridized carbons (Fsp3) is 0.200. The molecule has 0 spiro atoms. The van der Waals surface area contributed by atoms with Gasteiger partial charge in [-0.2, -0.15) is 5.26 Å². The minimum absolute atomic E-state index is 0.301. The first-order valence-corrected chi connectivity index (χ1v) is 12.5. The minimum Gasteiger partial charge on any atom is -0.490 e. The third-order valence-corrected chi connectivity index (χ3v) is 6.53. The molecule has 0 radical (unpaired) electrons. The van der Waals surface area contributed by atoms with Crippen LogP contribution in [0.5, 0.6) is 17.2 Å². The number of anilines is 2. The SMILES string of the molecule is COCCOc1cc2nccc(Oc3ccc(NC(=O)C4(C(=O)Nc5ccc(F)cc5)CC4)cc3)c2cc1C#N. The molecular weight excluding hydrogens is 515 g/mol. The van der Waals surface area contributed by atoms with Crippen molar-refractivity contribution in [1.29, 1.82) is 5.26 Å². The number of pyridine rings is 1. The lowest BCUT2D eigenvalue weighted by atomic mass is 10.0. The van der Waals surface area contributed by atoms with Crippen LogP contribution in [0.15, 0.2) is 72.9 Å². The number of benzene rings is 3. The lowest BCUT2D eigenvalue weighted by Crippen LogP contribution is -2.35. The summed E-state index contributed by atoms with van der Waals surface area (Å²) in [4.78, 5) is 30.1. The maximum atomic E-state index is 13.1. The van der Waals surface area contributed by atoms with E-state index >= 15 is 0 Å². The van der Waals surface area contributed by atoms with Gasteiger partial charge in [0.05, 0.1) is 17.7 Å². The molecule has 1 aliphatic rings. The maximum Gasteiger partial charge on any atom is 0.240 e. The zero-order valence-corrected chi connectivity index (χ0v) is 21.6. The molecule has 0 aliphatic heterocycles. The van der Waals surface area contributed by atoms with E-state index in [0.29, 0.717) is 71.1 Å². The van der Waals surface area contributed by atoms with Crippen molar-refractivity contribution in [2.75, 3.05) is 31.0 Å². The van der Waals surface area contributed by atoms with Crippen LogP contribution in [-0.4, -0.2) is 37.1 Å². The van der Waals surface area contributed by atoms with Gasteiger partial charge in [-0.05, 0) is 73.5 Å². The Kier molecular flexibility index (Phi) is 7.57. The number of hydrogen-bond acceptors (Lipinski definition) is 7. The molecule has 4 aromatic rings. The summed E-state index contributed by atoms with van der Waals surface area (Å²) >= 11 is 0. The van der Waals surface area contributed by atoms with Gasteiger partial charge in [-0.1, -0.05) is 0 Å². The lowest BCUT2D eigenvalue weighted by Gasteiger charge is -2.16. The number of carbonyl (C=O) groups excluding carboxylic acids is 2. The van der Waals surface area contributed by atoms with E-state index in [9.17, 15) is 19.2 Å². The van der Waals surface area contributed by atoms with Crippen LogP contribution in [0, 0.1) is 22.6 Å². The fourth-order valence-corrected chi connectivity index (χ4v) is 4.13. The normalized spacial score (nSPS) is 13.2. The Morgan fingerprint density at radius 1 is 0.950 bits per heavy atom. The van der Waals surface area contributed by atoms with Crippen LogP contribution in [-0.2, 0) is 14.3 Å². The van der Waals surface area contributed by atoms with E-state index in [1.165, 1.54) is 24.3 Å². The number of carbonyl (C=O) groups is 2. The zero-order valence-electron chi connectivity index (χ0n) is 21.6. The molecule has 0 saturated heterocycles. The highest BCUT2D eigenvalue weighted by atomic mass is 19.1. The van der Waals surface area contributed by atoms with Gasteiger partial charge < -0.3 is 24.8 Å². The van der Waals surface area contributed by atoms with Crippen molar-refractivity contribution in [2.45, 2.75) is 12.8 Å². The average Bonchev–Trinajstić information content (AvgIpc) is 3.78. The first-order chi connectivity index (χ1) is 19.4. The number of amides is 2. The second-order valence-corrected chi connectivity index (χ2v) is 9.25. The van der Waals surface area contributed by atoms with Crippen molar-refractivity contribution in [1.82, 2.24) is 4.98 Å². The van der Waals surface area contributed by atoms with Crippen molar-refractivity contribution < 1.29 is 28.2 Å². The first-order valence-electron chi connectivity index (χ1n) is 12.5. The van der Waals surface area contributed by atoms with Crippen molar-refractivity contribution in [3.8, 4) is 23.3 Å². The van der Waals surface area contributed by atoms with Gasteiger partial charge in [-0.15, -0.1) is 0 Å². The summed E-state index contributed by atoms with van der Waals surface area (Å²) in [5.74, 6) is 0.164. The summed E-state index contributed by atoms with van der Waals surface area (Å²) in [7, 11) is 1.57. The van der Waals surface area contributed by atoms with Gasteiger partial charge in [0, 0.05) is 36.1 Å². The maximum absolute atomic E-state index is 13.1. The monoisotopic (exact) mass is 540 g/mol. The Hall–Kier alpha value is -5.01. The van der Waals surface area contributed by atoms with Crippen molar-refractivity contribution in [3.05, 3.63) is 84.3 Å². The summed E-state index contributed by atoms with van der Waals surface area (Å²) in [6.07, 6.45) is 2.45. The molecule has 1 aliphatic carbocycles. The number of nitriles is 1. The van der Waals surface area contributed by atoms with E-state index in [1.54, 1.807) is 55.8 Å².